The van der Waals surface area contributed by atoms with Crippen LogP contribution < -0.4 is 5.73 Å². The van der Waals surface area contributed by atoms with Gasteiger partial charge in [0.2, 0.25) is 0 Å². The number of nitriles is 1. The van der Waals surface area contributed by atoms with Crippen LogP contribution in [0.3, 0.4) is 0 Å². The normalized spacial score (nSPS) is 6.89. The lowest BCUT2D eigenvalue weighted by atomic mass is 10.4. The fourth-order valence-electron chi connectivity index (χ4n) is 0.112. The van der Waals surface area contributed by atoms with E-state index in [-0.39, 0.29) is 0 Å². The van der Waals surface area contributed by atoms with E-state index in [0.29, 0.717) is 6.42 Å². The lowest BCUT2D eigenvalue weighted by Gasteiger charge is -1.70. The highest BCUT2D eigenvalue weighted by atomic mass is 14.5. The largest absolute Gasteiger partial charge is 0.330 e. The molecule has 0 fully saturated rings. The van der Waals surface area contributed by atoms with Crippen LogP contribution in [0.2, 0.25) is 0 Å². The zero-order valence-electron chi connectivity index (χ0n) is 6.35. The summed E-state index contributed by atoms with van der Waals surface area (Å²) in [5.74, 6) is 0. The van der Waals surface area contributed by atoms with E-state index in [2.05, 4.69) is 6.92 Å². The zero-order valence-corrected chi connectivity index (χ0v) is 6.35. The highest BCUT2D eigenvalue weighted by Gasteiger charge is 1.65. The molecule has 9 heavy (non-hydrogen) atoms. The molecule has 54 valence electrons. The maximum absolute atomic E-state index is 7.82. The zero-order chi connectivity index (χ0) is 7.54. The summed E-state index contributed by atoms with van der Waals surface area (Å²) in [6.07, 6.45) is 2.77. The van der Waals surface area contributed by atoms with Crippen LogP contribution in [0.25, 0.3) is 0 Å². The summed E-state index contributed by atoms with van der Waals surface area (Å²) in [4.78, 5) is 0. The Morgan fingerprint density at radius 3 is 1.78 bits per heavy atom. The van der Waals surface area contributed by atoms with Crippen LogP contribution in [-0.4, -0.2) is 6.54 Å². The van der Waals surface area contributed by atoms with E-state index in [1.165, 1.54) is 0 Å². The highest BCUT2D eigenvalue weighted by Crippen LogP contribution is 1.77. The second-order valence-corrected chi connectivity index (χ2v) is 1.70. The van der Waals surface area contributed by atoms with Crippen molar-refractivity contribution in [1.82, 2.24) is 0 Å². The van der Waals surface area contributed by atoms with Gasteiger partial charge in [-0.1, -0.05) is 13.8 Å². The second kappa shape index (κ2) is 15.7. The van der Waals surface area contributed by atoms with Gasteiger partial charge in [-0.25, -0.2) is 0 Å². The Bertz CT molecular complexity index is 61.8. The summed E-state index contributed by atoms with van der Waals surface area (Å²) in [7, 11) is 0. The molecule has 0 aliphatic heterocycles. The Hall–Kier alpha value is -0.550. The first-order valence-corrected chi connectivity index (χ1v) is 3.40. The average molecular weight is 128 g/mol. The standard InChI is InChI=1S/C4H7N.C3H9N/c1-2-3-4-5;1-2-3-4/h2-3H2,1H3;2-4H2,1H3. The summed E-state index contributed by atoms with van der Waals surface area (Å²) in [5, 5.41) is 7.82. The van der Waals surface area contributed by atoms with E-state index in [9.17, 15) is 0 Å². The predicted molar refractivity (Wildman–Crippen MR) is 39.9 cm³/mol. The Kier molecular flexibility index (Phi) is 19.6. The minimum Gasteiger partial charge on any atom is -0.330 e. The topological polar surface area (TPSA) is 49.8 Å². The number of hydrogen-bond acceptors (Lipinski definition) is 2. The molecule has 2 heteroatoms. The molecule has 0 aromatic heterocycles. The first-order valence-electron chi connectivity index (χ1n) is 3.40. The Morgan fingerprint density at radius 1 is 1.33 bits per heavy atom. The summed E-state index contributed by atoms with van der Waals surface area (Å²) in [6.45, 7) is 4.86. The van der Waals surface area contributed by atoms with Crippen molar-refractivity contribution in [1.29, 1.82) is 5.26 Å². The molecule has 0 aliphatic rings. The van der Waals surface area contributed by atoms with Gasteiger partial charge in [-0.2, -0.15) is 5.26 Å². The molecule has 0 aromatic rings. The molecule has 0 amide bonds. The second-order valence-electron chi connectivity index (χ2n) is 1.70. The first-order chi connectivity index (χ1) is 4.33. The van der Waals surface area contributed by atoms with Crippen LogP contribution >= 0.6 is 0 Å². The van der Waals surface area contributed by atoms with E-state index in [0.717, 1.165) is 19.4 Å². The van der Waals surface area contributed by atoms with Gasteiger partial charge in [0.15, 0.2) is 0 Å². The van der Waals surface area contributed by atoms with Crippen molar-refractivity contribution in [3.8, 4) is 6.07 Å². The molecule has 0 unspecified atom stereocenters. The van der Waals surface area contributed by atoms with Crippen molar-refractivity contribution in [2.75, 3.05) is 6.54 Å². The van der Waals surface area contributed by atoms with E-state index in [4.69, 9.17) is 11.0 Å². The van der Waals surface area contributed by atoms with Gasteiger partial charge in [0, 0.05) is 6.42 Å². The molecule has 0 aliphatic carbocycles. The van der Waals surface area contributed by atoms with Gasteiger partial charge < -0.3 is 5.73 Å². The van der Waals surface area contributed by atoms with E-state index in [1.54, 1.807) is 0 Å². The number of rotatable bonds is 2. The van der Waals surface area contributed by atoms with Gasteiger partial charge in [0.05, 0.1) is 6.07 Å². The van der Waals surface area contributed by atoms with Crippen LogP contribution in [0.15, 0.2) is 0 Å². The van der Waals surface area contributed by atoms with Gasteiger partial charge in [-0.3, -0.25) is 0 Å². The lowest BCUT2D eigenvalue weighted by molar-refractivity contribution is 0.932. The third-order valence-corrected chi connectivity index (χ3v) is 0.650. The lowest BCUT2D eigenvalue weighted by Crippen LogP contribution is -1.93. The molecule has 0 heterocycles. The molecule has 0 radical (unpaired) electrons. The van der Waals surface area contributed by atoms with Crippen LogP contribution in [0.1, 0.15) is 33.1 Å². The molecule has 0 saturated carbocycles. The van der Waals surface area contributed by atoms with E-state index < -0.39 is 0 Å². The van der Waals surface area contributed by atoms with Gasteiger partial charge in [0.25, 0.3) is 0 Å². The molecule has 0 rings (SSSR count). The molecular formula is C7H16N2. The average Bonchev–Trinajstić information content (AvgIpc) is 1.91. The van der Waals surface area contributed by atoms with E-state index in [1.807, 2.05) is 13.0 Å². The van der Waals surface area contributed by atoms with Crippen LogP contribution in [0.4, 0.5) is 0 Å². The highest BCUT2D eigenvalue weighted by molar-refractivity contribution is 4.65. The molecule has 0 spiro atoms. The maximum atomic E-state index is 7.82. The predicted octanol–water partition coefficient (Wildman–Crippen LogP) is 1.67. The van der Waals surface area contributed by atoms with Crippen LogP contribution in [0.5, 0.6) is 0 Å². The van der Waals surface area contributed by atoms with Gasteiger partial charge in [-0.15, -0.1) is 0 Å². The fourth-order valence-corrected chi connectivity index (χ4v) is 0.112. The molecule has 2 nitrogen and oxygen atoms in total. The van der Waals surface area contributed by atoms with Crippen molar-refractivity contribution in [3.05, 3.63) is 0 Å². The number of unbranched alkanes of at least 4 members (excludes halogenated alkanes) is 1. The summed E-state index contributed by atoms with van der Waals surface area (Å²) >= 11 is 0. The van der Waals surface area contributed by atoms with Gasteiger partial charge in [-0.05, 0) is 19.4 Å². The minimum absolute atomic E-state index is 0.694. The Labute approximate surface area is 57.7 Å². The first kappa shape index (κ1) is 11.3. The smallest absolute Gasteiger partial charge is 0.0621 e. The van der Waals surface area contributed by atoms with E-state index >= 15 is 0 Å². The molecular weight excluding hydrogens is 112 g/mol. The van der Waals surface area contributed by atoms with Crippen molar-refractivity contribution >= 4 is 0 Å². The molecule has 0 atom stereocenters. The quantitative estimate of drug-likeness (QED) is 0.615. The van der Waals surface area contributed by atoms with Gasteiger partial charge in [0.1, 0.15) is 0 Å². The van der Waals surface area contributed by atoms with Crippen molar-refractivity contribution < 1.29 is 0 Å². The number of nitrogens with two attached hydrogens (primary N) is 1. The third kappa shape index (κ3) is 36.9. The Morgan fingerprint density at radius 2 is 1.78 bits per heavy atom. The van der Waals surface area contributed by atoms with Crippen molar-refractivity contribution in [3.63, 3.8) is 0 Å². The number of hydrogen-bond donors (Lipinski definition) is 1. The number of nitrogens with zero attached hydrogens (tertiary/aromatic N) is 1. The maximum Gasteiger partial charge on any atom is 0.0621 e. The van der Waals surface area contributed by atoms with Crippen LogP contribution in [-0.2, 0) is 0 Å². The SMILES string of the molecule is CCCC#N.CCCN. The molecule has 0 aromatic carbocycles. The molecule has 2 N–H and O–H groups in total. The molecule has 0 saturated heterocycles. The fraction of sp³-hybridized carbons (Fsp3) is 0.857. The Balaban J connectivity index is 0. The van der Waals surface area contributed by atoms with Gasteiger partial charge >= 0.3 is 0 Å². The third-order valence-electron chi connectivity index (χ3n) is 0.650. The van der Waals surface area contributed by atoms with Crippen molar-refractivity contribution in [2.24, 2.45) is 5.73 Å². The van der Waals surface area contributed by atoms with Crippen molar-refractivity contribution in [2.45, 2.75) is 33.1 Å². The monoisotopic (exact) mass is 128 g/mol. The summed E-state index contributed by atoms with van der Waals surface area (Å²) in [6, 6.07) is 2.02. The van der Waals surface area contributed by atoms with Crippen LogP contribution in [0, 0.1) is 11.3 Å². The summed E-state index contributed by atoms with van der Waals surface area (Å²) in [5.41, 5.74) is 5.03. The molecule has 0 bridgehead atoms. The minimum atomic E-state index is 0.694. The summed E-state index contributed by atoms with van der Waals surface area (Å²) < 4.78 is 0.